The summed E-state index contributed by atoms with van der Waals surface area (Å²) in [4.78, 5) is 64.7. The number of guanidine groups is 1. The second-order valence-electron chi connectivity index (χ2n) is 8.73. The van der Waals surface area contributed by atoms with Crippen molar-refractivity contribution in [2.45, 2.75) is 77.5 Å². The number of rotatable bonds is 16. The summed E-state index contributed by atoms with van der Waals surface area (Å²) in [5.41, 5.74) is 21.5. The maximum atomic E-state index is 13.0. The predicted molar refractivity (Wildman–Crippen MR) is 129 cm³/mol. The van der Waals surface area contributed by atoms with Gasteiger partial charge in [-0.3, -0.25) is 24.2 Å². The number of carbonyl (C=O) groups is 5. The van der Waals surface area contributed by atoms with Crippen LogP contribution in [0, 0.1) is 11.8 Å². The van der Waals surface area contributed by atoms with Crippen LogP contribution in [0.3, 0.4) is 0 Å². The Morgan fingerprint density at radius 2 is 1.43 bits per heavy atom. The molecule has 5 unspecified atom stereocenters. The molecule has 0 fully saturated rings. The van der Waals surface area contributed by atoms with E-state index in [0.717, 1.165) is 0 Å². The number of carboxylic acid groups (broad SMARTS) is 1. The van der Waals surface area contributed by atoms with Crippen molar-refractivity contribution in [3.05, 3.63) is 0 Å². The summed E-state index contributed by atoms with van der Waals surface area (Å²) < 4.78 is 0. The molecule has 0 saturated carbocycles. The summed E-state index contributed by atoms with van der Waals surface area (Å²) in [6, 6.07) is -4.57. The average Bonchev–Trinajstić information content (AvgIpc) is 2.76. The van der Waals surface area contributed by atoms with Gasteiger partial charge < -0.3 is 44.0 Å². The first-order valence-electron chi connectivity index (χ1n) is 11.4. The summed E-state index contributed by atoms with van der Waals surface area (Å²) >= 11 is 0. The second-order valence-corrected chi connectivity index (χ2v) is 8.73. The van der Waals surface area contributed by atoms with Gasteiger partial charge in [-0.25, -0.2) is 4.79 Å². The van der Waals surface area contributed by atoms with Crippen LogP contribution < -0.4 is 38.9 Å². The summed E-state index contributed by atoms with van der Waals surface area (Å²) in [5, 5.41) is 16.7. The van der Waals surface area contributed by atoms with Gasteiger partial charge in [0.1, 0.15) is 18.1 Å². The van der Waals surface area contributed by atoms with Crippen molar-refractivity contribution in [2.75, 3.05) is 6.54 Å². The van der Waals surface area contributed by atoms with Gasteiger partial charge in [0.15, 0.2) is 5.96 Å². The summed E-state index contributed by atoms with van der Waals surface area (Å²) in [6.07, 6.45) is 0.611. The normalized spacial score (nSPS) is 15.1. The maximum absolute atomic E-state index is 13.0. The molecular formula is C21H40N8O6. The van der Waals surface area contributed by atoms with E-state index in [9.17, 15) is 29.1 Å². The maximum Gasteiger partial charge on any atom is 0.326 e. The van der Waals surface area contributed by atoms with Gasteiger partial charge in [0.05, 0.1) is 12.5 Å². The molecule has 200 valence electrons. The molecule has 0 radical (unpaired) electrons. The molecule has 35 heavy (non-hydrogen) atoms. The molecule has 5 atom stereocenters. The van der Waals surface area contributed by atoms with E-state index in [-0.39, 0.29) is 24.2 Å². The molecule has 0 aromatic carbocycles. The number of hydrogen-bond donors (Lipinski definition) is 8. The highest BCUT2D eigenvalue weighted by Gasteiger charge is 2.34. The first kappa shape index (κ1) is 31.6. The molecule has 0 rings (SSSR count). The standard InChI is InChI=1S/C21H40N8O6/c1-5-11(4)16(19(33)27-13(20(34)35)9-14(23)30)29-18(32)15(10(2)3)28-17(31)12(22)7-6-8-26-21(24)25/h10-13,15-16H,5-9,22H2,1-4H3,(H2,23,30)(H,27,33)(H,28,31)(H,29,32)(H,34,35)(H4,24,25,26). The molecule has 0 aliphatic carbocycles. The van der Waals surface area contributed by atoms with Crippen molar-refractivity contribution in [3.63, 3.8) is 0 Å². The molecule has 14 heteroatoms. The SMILES string of the molecule is CCC(C)C(NC(=O)C(NC(=O)C(N)CCCN=C(N)N)C(C)C)C(=O)NC(CC(N)=O)C(=O)O. The number of carboxylic acids is 1. The average molecular weight is 501 g/mol. The summed E-state index contributed by atoms with van der Waals surface area (Å²) in [6.45, 7) is 7.21. The van der Waals surface area contributed by atoms with E-state index in [1.54, 1.807) is 27.7 Å². The molecule has 0 bridgehead atoms. The Labute approximate surface area is 205 Å². The van der Waals surface area contributed by atoms with Crippen LogP contribution in [-0.4, -0.2) is 71.4 Å². The number of aliphatic carboxylic acids is 1. The van der Waals surface area contributed by atoms with Gasteiger partial charge in [0.2, 0.25) is 23.6 Å². The number of nitrogens with zero attached hydrogens (tertiary/aromatic N) is 1. The number of amides is 4. The van der Waals surface area contributed by atoms with E-state index >= 15 is 0 Å². The largest absolute Gasteiger partial charge is 0.480 e. The lowest BCUT2D eigenvalue weighted by Crippen LogP contribution is -2.60. The highest BCUT2D eigenvalue weighted by Crippen LogP contribution is 2.11. The van der Waals surface area contributed by atoms with Gasteiger partial charge in [-0.15, -0.1) is 0 Å². The fraction of sp³-hybridized carbons (Fsp3) is 0.714. The first-order chi connectivity index (χ1) is 16.2. The monoisotopic (exact) mass is 500 g/mol. The Bertz CT molecular complexity index is 784. The fourth-order valence-corrected chi connectivity index (χ4v) is 3.05. The fourth-order valence-electron chi connectivity index (χ4n) is 3.05. The smallest absolute Gasteiger partial charge is 0.326 e. The van der Waals surface area contributed by atoms with E-state index in [1.807, 2.05) is 0 Å². The minimum atomic E-state index is -1.54. The zero-order valence-electron chi connectivity index (χ0n) is 20.7. The van der Waals surface area contributed by atoms with Gasteiger partial charge in [-0.2, -0.15) is 0 Å². The zero-order chi connectivity index (χ0) is 27.3. The lowest BCUT2D eigenvalue weighted by molar-refractivity contribution is -0.144. The van der Waals surface area contributed by atoms with Crippen LogP contribution >= 0.6 is 0 Å². The molecule has 0 heterocycles. The second kappa shape index (κ2) is 15.5. The van der Waals surface area contributed by atoms with E-state index in [0.29, 0.717) is 19.4 Å². The van der Waals surface area contributed by atoms with E-state index in [2.05, 4.69) is 20.9 Å². The number of hydrogen-bond acceptors (Lipinski definition) is 7. The van der Waals surface area contributed by atoms with Crippen molar-refractivity contribution >= 4 is 35.6 Å². The summed E-state index contributed by atoms with van der Waals surface area (Å²) in [7, 11) is 0. The zero-order valence-corrected chi connectivity index (χ0v) is 20.7. The van der Waals surface area contributed by atoms with Crippen LogP contribution in [0.5, 0.6) is 0 Å². The lowest BCUT2D eigenvalue weighted by Gasteiger charge is -2.29. The minimum absolute atomic E-state index is 0.0660. The van der Waals surface area contributed by atoms with Gasteiger partial charge in [0, 0.05) is 6.54 Å². The number of carbonyl (C=O) groups excluding carboxylic acids is 4. The molecule has 0 aromatic rings. The third-order valence-electron chi connectivity index (χ3n) is 5.36. The van der Waals surface area contributed by atoms with E-state index in [1.165, 1.54) is 0 Å². The van der Waals surface area contributed by atoms with E-state index in [4.69, 9.17) is 22.9 Å². The minimum Gasteiger partial charge on any atom is -0.480 e. The molecule has 0 aromatic heterocycles. The Morgan fingerprint density at radius 3 is 1.89 bits per heavy atom. The highest BCUT2D eigenvalue weighted by atomic mass is 16.4. The third kappa shape index (κ3) is 12.0. The quantitative estimate of drug-likeness (QED) is 0.0631. The number of nitrogens with one attached hydrogen (secondary N) is 3. The summed E-state index contributed by atoms with van der Waals surface area (Å²) in [5.74, 6) is -5.12. The van der Waals surface area contributed by atoms with Crippen LogP contribution in [0.1, 0.15) is 53.4 Å². The van der Waals surface area contributed by atoms with Crippen molar-refractivity contribution in [1.82, 2.24) is 16.0 Å². The molecular weight excluding hydrogens is 460 g/mol. The van der Waals surface area contributed by atoms with Crippen LogP contribution in [0.4, 0.5) is 0 Å². The number of nitrogens with two attached hydrogens (primary N) is 4. The van der Waals surface area contributed by atoms with Crippen molar-refractivity contribution in [1.29, 1.82) is 0 Å². The van der Waals surface area contributed by atoms with Gasteiger partial charge >= 0.3 is 5.97 Å². The van der Waals surface area contributed by atoms with Crippen molar-refractivity contribution in [3.8, 4) is 0 Å². The van der Waals surface area contributed by atoms with Crippen LogP contribution in [0.2, 0.25) is 0 Å². The number of primary amides is 1. The van der Waals surface area contributed by atoms with Gasteiger partial charge in [-0.05, 0) is 24.7 Å². The Hall–Kier alpha value is -3.42. The van der Waals surface area contributed by atoms with Crippen LogP contribution in [0.15, 0.2) is 4.99 Å². The topological polar surface area (TPSA) is 258 Å². The molecule has 0 saturated heterocycles. The van der Waals surface area contributed by atoms with Crippen LogP contribution in [-0.2, 0) is 24.0 Å². The van der Waals surface area contributed by atoms with Crippen LogP contribution in [0.25, 0.3) is 0 Å². The first-order valence-corrected chi connectivity index (χ1v) is 11.4. The molecule has 0 aliphatic rings. The van der Waals surface area contributed by atoms with Gasteiger partial charge in [-0.1, -0.05) is 34.1 Å². The predicted octanol–water partition coefficient (Wildman–Crippen LogP) is -2.52. The van der Waals surface area contributed by atoms with Gasteiger partial charge in [0.25, 0.3) is 0 Å². The van der Waals surface area contributed by atoms with Crippen molar-refractivity contribution < 1.29 is 29.1 Å². The molecule has 0 spiro atoms. The Morgan fingerprint density at radius 1 is 0.886 bits per heavy atom. The number of aliphatic imine (C=N–C) groups is 1. The highest BCUT2D eigenvalue weighted by molar-refractivity contribution is 5.95. The molecule has 4 amide bonds. The molecule has 14 nitrogen and oxygen atoms in total. The van der Waals surface area contributed by atoms with Crippen molar-refractivity contribution in [2.24, 2.45) is 39.8 Å². The Kier molecular flexibility index (Phi) is 14.0. The molecule has 0 aliphatic heterocycles. The lowest BCUT2D eigenvalue weighted by atomic mass is 9.96. The molecule has 12 N–H and O–H groups in total. The Balaban J connectivity index is 5.38. The van der Waals surface area contributed by atoms with E-state index < -0.39 is 60.2 Å². The third-order valence-corrected chi connectivity index (χ3v) is 5.36.